The van der Waals surface area contributed by atoms with E-state index in [-0.39, 0.29) is 18.1 Å². The standard InChI is InChI=1S/C20H19N5O3S/c1-24-17-13(10-21-24)18(26)23-15(22-17)11-28-20(27)16-12-6-2-3-7-14(12)29-19(16)25-8-4-5-9-25/h4-5,8-10H,2-3,6-7,11H2,1H3,(H,22,23,26). The van der Waals surface area contributed by atoms with Gasteiger partial charge in [-0.25, -0.2) is 9.78 Å². The summed E-state index contributed by atoms with van der Waals surface area (Å²) in [6.45, 7) is -0.106. The molecule has 0 aromatic carbocycles. The Kier molecular flexibility index (Phi) is 4.31. The van der Waals surface area contributed by atoms with Gasteiger partial charge in [-0.3, -0.25) is 9.48 Å². The number of carbonyl (C=O) groups excluding carboxylic acids is 1. The van der Waals surface area contributed by atoms with Gasteiger partial charge in [0.2, 0.25) is 0 Å². The number of hydrogen-bond donors (Lipinski definition) is 1. The highest BCUT2D eigenvalue weighted by Crippen LogP contribution is 2.37. The van der Waals surface area contributed by atoms with Crippen molar-refractivity contribution in [2.45, 2.75) is 32.3 Å². The second kappa shape index (κ2) is 7.00. The van der Waals surface area contributed by atoms with Gasteiger partial charge < -0.3 is 14.3 Å². The molecule has 0 radical (unpaired) electrons. The predicted molar refractivity (Wildman–Crippen MR) is 109 cm³/mol. The van der Waals surface area contributed by atoms with E-state index in [2.05, 4.69) is 15.1 Å². The van der Waals surface area contributed by atoms with E-state index in [1.165, 1.54) is 15.8 Å². The quantitative estimate of drug-likeness (QED) is 0.523. The van der Waals surface area contributed by atoms with Gasteiger partial charge in [0.05, 0.1) is 11.8 Å². The number of nitrogens with one attached hydrogen (secondary N) is 1. The van der Waals surface area contributed by atoms with Crippen LogP contribution >= 0.6 is 11.3 Å². The van der Waals surface area contributed by atoms with Gasteiger partial charge in [0.25, 0.3) is 5.56 Å². The average Bonchev–Trinajstić information content (AvgIpc) is 3.45. The maximum absolute atomic E-state index is 13.1. The highest BCUT2D eigenvalue weighted by atomic mass is 32.1. The van der Waals surface area contributed by atoms with Crippen molar-refractivity contribution in [3.63, 3.8) is 0 Å². The van der Waals surface area contributed by atoms with E-state index in [4.69, 9.17) is 4.74 Å². The van der Waals surface area contributed by atoms with Crippen molar-refractivity contribution in [1.82, 2.24) is 24.3 Å². The number of ether oxygens (including phenoxy) is 1. The molecule has 9 heteroatoms. The van der Waals surface area contributed by atoms with E-state index < -0.39 is 0 Å². The molecule has 4 aromatic heterocycles. The van der Waals surface area contributed by atoms with Gasteiger partial charge in [0.15, 0.2) is 5.65 Å². The van der Waals surface area contributed by atoms with Gasteiger partial charge in [-0.1, -0.05) is 0 Å². The first-order valence-corrected chi connectivity index (χ1v) is 10.3. The van der Waals surface area contributed by atoms with Crippen molar-refractivity contribution >= 4 is 28.3 Å². The molecular formula is C20H19N5O3S. The molecule has 1 aliphatic carbocycles. The molecule has 0 unspecified atom stereocenters. The molecule has 1 N–H and O–H groups in total. The molecule has 0 saturated carbocycles. The number of fused-ring (bicyclic) bond motifs is 2. The number of rotatable bonds is 4. The Morgan fingerprint density at radius 2 is 2.07 bits per heavy atom. The third kappa shape index (κ3) is 3.07. The fraction of sp³-hybridized carbons (Fsp3) is 0.300. The Labute approximate surface area is 169 Å². The van der Waals surface area contributed by atoms with Crippen LogP contribution in [-0.2, 0) is 31.2 Å². The molecule has 0 atom stereocenters. The summed E-state index contributed by atoms with van der Waals surface area (Å²) >= 11 is 1.65. The highest BCUT2D eigenvalue weighted by Gasteiger charge is 2.27. The van der Waals surface area contributed by atoms with E-state index in [1.807, 2.05) is 29.1 Å². The summed E-state index contributed by atoms with van der Waals surface area (Å²) in [5.74, 6) is -0.0908. The van der Waals surface area contributed by atoms with E-state index in [0.29, 0.717) is 22.4 Å². The lowest BCUT2D eigenvalue weighted by atomic mass is 9.95. The Bertz CT molecular complexity index is 1270. The minimum atomic E-state index is -0.388. The molecule has 4 aromatic rings. The summed E-state index contributed by atoms with van der Waals surface area (Å²) < 4.78 is 9.07. The third-order valence-corrected chi connectivity index (χ3v) is 6.49. The molecule has 0 amide bonds. The van der Waals surface area contributed by atoms with Gasteiger partial charge >= 0.3 is 5.97 Å². The van der Waals surface area contributed by atoms with Gasteiger partial charge in [0, 0.05) is 24.3 Å². The normalized spacial score (nSPS) is 13.6. The van der Waals surface area contributed by atoms with Crippen LogP contribution in [0.3, 0.4) is 0 Å². The summed E-state index contributed by atoms with van der Waals surface area (Å²) in [5, 5.41) is 5.34. The van der Waals surface area contributed by atoms with Crippen molar-refractivity contribution in [2.24, 2.45) is 7.05 Å². The molecule has 0 spiro atoms. The molecule has 0 saturated heterocycles. The van der Waals surface area contributed by atoms with Gasteiger partial charge in [-0.2, -0.15) is 5.10 Å². The lowest BCUT2D eigenvalue weighted by molar-refractivity contribution is 0.0461. The number of carbonyl (C=O) groups is 1. The fourth-order valence-electron chi connectivity index (χ4n) is 3.77. The molecule has 29 heavy (non-hydrogen) atoms. The number of aryl methyl sites for hydroxylation is 2. The van der Waals surface area contributed by atoms with Crippen molar-refractivity contribution in [3.8, 4) is 5.00 Å². The number of esters is 1. The maximum atomic E-state index is 13.1. The molecule has 8 nitrogen and oxygen atoms in total. The molecule has 0 fully saturated rings. The maximum Gasteiger partial charge on any atom is 0.341 e. The van der Waals surface area contributed by atoms with Crippen LogP contribution in [0, 0.1) is 0 Å². The zero-order valence-electron chi connectivity index (χ0n) is 15.8. The van der Waals surface area contributed by atoms with Crippen LogP contribution in [-0.4, -0.2) is 30.3 Å². The monoisotopic (exact) mass is 409 g/mol. The zero-order chi connectivity index (χ0) is 20.0. The summed E-state index contributed by atoms with van der Waals surface area (Å²) in [5.41, 5.74) is 1.89. The Hall–Kier alpha value is -3.20. The summed E-state index contributed by atoms with van der Waals surface area (Å²) in [7, 11) is 1.71. The largest absolute Gasteiger partial charge is 0.454 e. The molecule has 148 valence electrons. The second-order valence-electron chi connectivity index (χ2n) is 7.08. The van der Waals surface area contributed by atoms with E-state index in [9.17, 15) is 9.59 Å². The van der Waals surface area contributed by atoms with Crippen LogP contribution < -0.4 is 5.56 Å². The second-order valence-corrected chi connectivity index (χ2v) is 8.16. The first-order valence-electron chi connectivity index (χ1n) is 9.47. The molecule has 1 aliphatic rings. The Morgan fingerprint density at radius 1 is 1.28 bits per heavy atom. The minimum Gasteiger partial charge on any atom is -0.454 e. The van der Waals surface area contributed by atoms with Gasteiger partial charge in [-0.15, -0.1) is 11.3 Å². The fourth-order valence-corrected chi connectivity index (χ4v) is 5.11. The highest BCUT2D eigenvalue weighted by molar-refractivity contribution is 7.15. The first kappa shape index (κ1) is 17.9. The lowest BCUT2D eigenvalue weighted by Gasteiger charge is -2.12. The molecular weight excluding hydrogens is 390 g/mol. The van der Waals surface area contributed by atoms with Crippen LogP contribution in [0.4, 0.5) is 0 Å². The van der Waals surface area contributed by atoms with Crippen LogP contribution in [0.2, 0.25) is 0 Å². The Balaban J connectivity index is 1.46. The number of thiophene rings is 1. The van der Waals surface area contributed by atoms with Gasteiger partial charge in [0.1, 0.15) is 22.8 Å². The number of nitrogens with zero attached hydrogens (tertiary/aromatic N) is 4. The summed E-state index contributed by atoms with van der Waals surface area (Å²) in [6.07, 6.45) is 9.43. The lowest BCUT2D eigenvalue weighted by Crippen LogP contribution is -2.16. The van der Waals surface area contributed by atoms with Crippen LogP contribution in [0.5, 0.6) is 0 Å². The van der Waals surface area contributed by atoms with E-state index in [1.54, 1.807) is 18.4 Å². The number of H-pyrrole nitrogens is 1. The first-order chi connectivity index (χ1) is 14.1. The van der Waals surface area contributed by atoms with Crippen molar-refractivity contribution in [3.05, 3.63) is 62.9 Å². The van der Waals surface area contributed by atoms with Crippen LogP contribution in [0.1, 0.15) is 39.5 Å². The topological polar surface area (TPSA) is 94.8 Å². The zero-order valence-corrected chi connectivity index (χ0v) is 16.7. The van der Waals surface area contributed by atoms with Gasteiger partial charge in [-0.05, 0) is 43.4 Å². The number of aromatic nitrogens is 5. The predicted octanol–water partition coefficient (Wildman–Crippen LogP) is 2.74. The summed E-state index contributed by atoms with van der Waals surface area (Å²) in [4.78, 5) is 33.6. The van der Waals surface area contributed by atoms with Crippen molar-refractivity contribution < 1.29 is 9.53 Å². The molecule has 4 heterocycles. The number of hydrogen-bond acceptors (Lipinski definition) is 6. The number of aromatic amines is 1. The van der Waals surface area contributed by atoms with Crippen molar-refractivity contribution in [2.75, 3.05) is 0 Å². The molecule has 5 rings (SSSR count). The van der Waals surface area contributed by atoms with E-state index >= 15 is 0 Å². The molecule has 0 bridgehead atoms. The van der Waals surface area contributed by atoms with Crippen LogP contribution in [0.25, 0.3) is 16.0 Å². The summed E-state index contributed by atoms with van der Waals surface area (Å²) in [6, 6.07) is 3.87. The average molecular weight is 409 g/mol. The van der Waals surface area contributed by atoms with E-state index in [0.717, 1.165) is 36.2 Å². The SMILES string of the molecule is Cn1ncc2c(=O)[nH]c(COC(=O)c3c(-n4cccc4)sc4c3CCCC4)nc21. The smallest absolute Gasteiger partial charge is 0.341 e. The van der Waals surface area contributed by atoms with Crippen molar-refractivity contribution in [1.29, 1.82) is 0 Å². The van der Waals surface area contributed by atoms with Crippen LogP contribution in [0.15, 0.2) is 35.5 Å². The third-order valence-electron chi connectivity index (χ3n) is 5.19. The molecule has 0 aliphatic heterocycles. The Morgan fingerprint density at radius 3 is 2.90 bits per heavy atom. The minimum absolute atomic E-state index is 0.106.